The van der Waals surface area contributed by atoms with Gasteiger partial charge in [-0.25, -0.2) is 14.8 Å². The summed E-state index contributed by atoms with van der Waals surface area (Å²) in [6.45, 7) is 1.89. The molecule has 0 aliphatic heterocycles. The number of thiazole rings is 1. The number of hydrogen-bond donors (Lipinski definition) is 0. The van der Waals surface area contributed by atoms with Crippen molar-refractivity contribution in [2.24, 2.45) is 0 Å². The number of fused-ring (bicyclic) bond motifs is 1. The molecule has 0 saturated heterocycles. The van der Waals surface area contributed by atoms with Gasteiger partial charge in [0.15, 0.2) is 3.92 Å². The second-order valence-electron chi connectivity index (χ2n) is 2.94. The minimum atomic E-state index is -0.426. The molecular formula is C9H7BrN2O2S. The Labute approximate surface area is 98.4 Å². The van der Waals surface area contributed by atoms with E-state index in [9.17, 15) is 4.79 Å². The van der Waals surface area contributed by atoms with Crippen LogP contribution in [0.1, 0.15) is 16.1 Å². The number of carbonyl (C=O) groups excluding carboxylic acids is 1. The van der Waals surface area contributed by atoms with Crippen molar-refractivity contribution in [3.05, 3.63) is 21.2 Å². The van der Waals surface area contributed by atoms with Crippen LogP contribution < -0.4 is 0 Å². The minimum absolute atomic E-state index is 0.318. The maximum atomic E-state index is 11.3. The fourth-order valence-corrected chi connectivity index (χ4v) is 2.62. The molecule has 15 heavy (non-hydrogen) atoms. The number of carbonyl (C=O) groups is 1. The molecule has 2 rings (SSSR count). The highest BCUT2D eigenvalue weighted by Gasteiger charge is 2.13. The van der Waals surface area contributed by atoms with Gasteiger partial charge in [0, 0.05) is 0 Å². The molecule has 0 saturated carbocycles. The van der Waals surface area contributed by atoms with Crippen molar-refractivity contribution in [3.8, 4) is 0 Å². The van der Waals surface area contributed by atoms with Gasteiger partial charge >= 0.3 is 5.97 Å². The van der Waals surface area contributed by atoms with E-state index in [0.717, 1.165) is 19.8 Å². The Kier molecular flexibility index (Phi) is 2.70. The number of methoxy groups -OCH3 is 1. The molecule has 0 amide bonds. The molecule has 0 bridgehead atoms. The van der Waals surface area contributed by atoms with Crippen LogP contribution in [0.2, 0.25) is 0 Å². The van der Waals surface area contributed by atoms with Crippen LogP contribution in [0.5, 0.6) is 0 Å². The van der Waals surface area contributed by atoms with Crippen molar-refractivity contribution in [3.63, 3.8) is 0 Å². The number of esters is 1. The van der Waals surface area contributed by atoms with Crippen LogP contribution in [0.25, 0.3) is 10.3 Å². The van der Waals surface area contributed by atoms with E-state index in [0.29, 0.717) is 5.69 Å². The average molecular weight is 287 g/mol. The summed E-state index contributed by atoms with van der Waals surface area (Å²) in [4.78, 5) is 20.5. The molecule has 0 atom stereocenters. The maximum absolute atomic E-state index is 11.3. The second kappa shape index (κ2) is 3.86. The van der Waals surface area contributed by atoms with E-state index in [1.165, 1.54) is 18.4 Å². The fraction of sp³-hybridized carbons (Fsp3) is 0.222. The van der Waals surface area contributed by atoms with Crippen molar-refractivity contribution in [1.29, 1.82) is 0 Å². The first-order valence-corrected chi connectivity index (χ1v) is 5.74. The first-order chi connectivity index (χ1) is 7.11. The highest BCUT2D eigenvalue weighted by atomic mass is 79.9. The molecule has 2 aromatic rings. The molecule has 0 N–H and O–H groups in total. The molecular weight excluding hydrogens is 280 g/mol. The van der Waals surface area contributed by atoms with Crippen LogP contribution in [0.15, 0.2) is 9.98 Å². The molecule has 2 aromatic heterocycles. The Balaban J connectivity index is 2.66. The monoisotopic (exact) mass is 286 g/mol. The molecule has 0 aromatic carbocycles. The first kappa shape index (κ1) is 10.5. The van der Waals surface area contributed by atoms with Gasteiger partial charge in [-0.1, -0.05) is 11.3 Å². The largest absolute Gasteiger partial charge is 0.464 e. The predicted octanol–water partition coefficient (Wildman–Crippen LogP) is 2.55. The van der Waals surface area contributed by atoms with Gasteiger partial charge in [0.2, 0.25) is 0 Å². The number of ether oxygens (including phenoxy) is 1. The van der Waals surface area contributed by atoms with E-state index >= 15 is 0 Å². The zero-order valence-corrected chi connectivity index (χ0v) is 10.5. The van der Waals surface area contributed by atoms with Gasteiger partial charge in [-0.05, 0) is 34.5 Å². The molecule has 78 valence electrons. The summed E-state index contributed by atoms with van der Waals surface area (Å²) in [5, 5.41) is 0. The van der Waals surface area contributed by atoms with Crippen LogP contribution in [0.3, 0.4) is 0 Å². The number of rotatable bonds is 1. The number of aromatic nitrogens is 2. The highest BCUT2D eigenvalue weighted by molar-refractivity contribution is 9.11. The molecule has 0 unspecified atom stereocenters. The number of halogens is 1. The summed E-state index contributed by atoms with van der Waals surface area (Å²) in [5.41, 5.74) is 2.06. The van der Waals surface area contributed by atoms with Crippen LogP contribution in [-0.2, 0) is 4.74 Å². The third kappa shape index (κ3) is 1.87. The van der Waals surface area contributed by atoms with Crippen molar-refractivity contribution >= 4 is 43.6 Å². The first-order valence-electron chi connectivity index (χ1n) is 4.14. The van der Waals surface area contributed by atoms with Gasteiger partial charge in [0.1, 0.15) is 16.0 Å². The lowest BCUT2D eigenvalue weighted by Gasteiger charge is -1.99. The highest BCUT2D eigenvalue weighted by Crippen LogP contribution is 2.27. The van der Waals surface area contributed by atoms with Crippen molar-refractivity contribution in [2.45, 2.75) is 6.92 Å². The van der Waals surface area contributed by atoms with Crippen LogP contribution in [0.4, 0.5) is 0 Å². The number of hydrogen-bond acceptors (Lipinski definition) is 5. The zero-order valence-electron chi connectivity index (χ0n) is 8.07. The van der Waals surface area contributed by atoms with E-state index in [1.807, 2.05) is 6.92 Å². The molecule has 0 aliphatic carbocycles. The van der Waals surface area contributed by atoms with Crippen LogP contribution >= 0.6 is 27.3 Å². The summed E-state index contributed by atoms with van der Waals surface area (Å²) in [6.07, 6.45) is 0. The normalized spacial score (nSPS) is 10.6. The molecule has 0 aliphatic rings. The van der Waals surface area contributed by atoms with Gasteiger partial charge in [-0.15, -0.1) is 0 Å². The second-order valence-corrected chi connectivity index (χ2v) is 5.19. The summed E-state index contributed by atoms with van der Waals surface area (Å²) < 4.78 is 5.38. The summed E-state index contributed by atoms with van der Waals surface area (Å²) in [6, 6.07) is 1.68. The van der Waals surface area contributed by atoms with E-state index < -0.39 is 5.97 Å². The molecule has 0 radical (unpaired) electrons. The Morgan fingerprint density at radius 2 is 2.27 bits per heavy atom. The van der Waals surface area contributed by atoms with Crippen molar-refractivity contribution in [1.82, 2.24) is 9.97 Å². The van der Waals surface area contributed by atoms with Gasteiger partial charge in [-0.3, -0.25) is 0 Å². The summed E-state index contributed by atoms with van der Waals surface area (Å²) in [7, 11) is 1.34. The maximum Gasteiger partial charge on any atom is 0.356 e. The molecule has 0 fully saturated rings. The standard InChI is InChI=1S/C9H7BrN2O2S/c1-4-3-5(8(13)14-2)11-7-6(4)12-9(10)15-7/h3H,1-2H3. The quantitative estimate of drug-likeness (QED) is 0.756. The van der Waals surface area contributed by atoms with E-state index in [-0.39, 0.29) is 0 Å². The lowest BCUT2D eigenvalue weighted by atomic mass is 10.2. The lowest BCUT2D eigenvalue weighted by molar-refractivity contribution is 0.0594. The van der Waals surface area contributed by atoms with Gasteiger partial charge in [0.25, 0.3) is 0 Å². The van der Waals surface area contributed by atoms with Gasteiger partial charge < -0.3 is 4.74 Å². The topological polar surface area (TPSA) is 52.1 Å². The number of pyridine rings is 1. The smallest absolute Gasteiger partial charge is 0.356 e. The Morgan fingerprint density at radius 3 is 2.93 bits per heavy atom. The van der Waals surface area contributed by atoms with Gasteiger partial charge in [0.05, 0.1) is 7.11 Å². The molecule has 6 heteroatoms. The average Bonchev–Trinajstić information content (AvgIpc) is 2.58. The van der Waals surface area contributed by atoms with Crippen LogP contribution in [0, 0.1) is 6.92 Å². The number of nitrogens with zero attached hydrogens (tertiary/aromatic N) is 2. The lowest BCUT2D eigenvalue weighted by Crippen LogP contribution is -2.04. The SMILES string of the molecule is COC(=O)c1cc(C)c2nc(Br)sc2n1. The van der Waals surface area contributed by atoms with E-state index in [2.05, 4.69) is 30.6 Å². The van der Waals surface area contributed by atoms with E-state index in [4.69, 9.17) is 0 Å². The predicted molar refractivity (Wildman–Crippen MR) is 61.2 cm³/mol. The van der Waals surface area contributed by atoms with Crippen molar-refractivity contribution < 1.29 is 9.53 Å². The van der Waals surface area contributed by atoms with Crippen molar-refractivity contribution in [2.75, 3.05) is 7.11 Å². The Morgan fingerprint density at radius 1 is 1.53 bits per heavy atom. The Bertz CT molecular complexity index is 538. The van der Waals surface area contributed by atoms with Crippen LogP contribution in [-0.4, -0.2) is 23.0 Å². The summed E-state index contributed by atoms with van der Waals surface area (Å²) >= 11 is 4.68. The minimum Gasteiger partial charge on any atom is -0.464 e. The third-order valence-electron chi connectivity index (χ3n) is 1.93. The fourth-order valence-electron chi connectivity index (χ4n) is 1.24. The molecule has 4 nitrogen and oxygen atoms in total. The molecule has 2 heterocycles. The Hall–Kier alpha value is -1.01. The van der Waals surface area contributed by atoms with E-state index in [1.54, 1.807) is 6.07 Å². The zero-order chi connectivity index (χ0) is 11.0. The third-order valence-corrected chi connectivity index (χ3v) is 3.33. The molecule has 0 spiro atoms. The van der Waals surface area contributed by atoms with Gasteiger partial charge in [-0.2, -0.15) is 0 Å². The number of aryl methyl sites for hydroxylation is 1. The summed E-state index contributed by atoms with van der Waals surface area (Å²) in [5.74, 6) is -0.426.